The summed E-state index contributed by atoms with van der Waals surface area (Å²) in [4.78, 5) is 8.89. The minimum absolute atomic E-state index is 0.0161. The third kappa shape index (κ3) is 1.99. The summed E-state index contributed by atoms with van der Waals surface area (Å²) in [5, 5.41) is 4.18. The Bertz CT molecular complexity index is 503. The van der Waals surface area contributed by atoms with Crippen LogP contribution in [0.25, 0.3) is 11.4 Å². The first-order valence-electron chi connectivity index (χ1n) is 5.22. The highest BCUT2D eigenvalue weighted by Gasteiger charge is 2.10. The predicted octanol–water partition coefficient (Wildman–Crippen LogP) is 2.84. The van der Waals surface area contributed by atoms with Gasteiger partial charge in [-0.25, -0.2) is 9.97 Å². The summed E-state index contributed by atoms with van der Waals surface area (Å²) in [6.07, 6.45) is 1.83. The van der Waals surface area contributed by atoms with Gasteiger partial charge in [-0.15, -0.1) is 0 Å². The molecule has 2 N–H and O–H groups in total. The van der Waals surface area contributed by atoms with Crippen molar-refractivity contribution in [3.63, 3.8) is 0 Å². The van der Waals surface area contributed by atoms with Crippen LogP contribution in [-0.4, -0.2) is 9.97 Å². The van der Waals surface area contributed by atoms with E-state index in [1.165, 1.54) is 5.56 Å². The predicted molar refractivity (Wildman–Crippen MR) is 67.4 cm³/mol. The van der Waals surface area contributed by atoms with E-state index in [-0.39, 0.29) is 6.04 Å². The van der Waals surface area contributed by atoms with E-state index >= 15 is 0 Å². The molecule has 2 aromatic rings. The van der Waals surface area contributed by atoms with Gasteiger partial charge in [-0.1, -0.05) is 0 Å². The minimum Gasteiger partial charge on any atom is -0.324 e. The number of rotatable bonds is 2. The van der Waals surface area contributed by atoms with Gasteiger partial charge in [0.15, 0.2) is 5.82 Å². The molecular formula is C12H15N3S. The molecule has 0 aromatic carbocycles. The Kier molecular flexibility index (Phi) is 3.03. The fourth-order valence-corrected chi connectivity index (χ4v) is 2.47. The summed E-state index contributed by atoms with van der Waals surface area (Å²) in [6, 6.07) is -0.0161. The maximum absolute atomic E-state index is 5.84. The highest BCUT2D eigenvalue weighted by molar-refractivity contribution is 7.08. The van der Waals surface area contributed by atoms with E-state index < -0.39 is 0 Å². The summed E-state index contributed by atoms with van der Waals surface area (Å²) in [5.74, 6) is 0.792. The van der Waals surface area contributed by atoms with E-state index in [1.54, 1.807) is 11.3 Å². The molecule has 2 heterocycles. The first-order valence-corrected chi connectivity index (χ1v) is 6.16. The van der Waals surface area contributed by atoms with Crippen molar-refractivity contribution in [2.75, 3.05) is 0 Å². The number of thiophene rings is 1. The smallest absolute Gasteiger partial charge is 0.160 e. The molecule has 1 atom stereocenters. The number of hydrogen-bond acceptors (Lipinski definition) is 4. The molecule has 4 heteroatoms. The number of nitrogens with zero attached hydrogens (tertiary/aromatic N) is 2. The average Bonchev–Trinajstić information content (AvgIpc) is 2.63. The highest BCUT2D eigenvalue weighted by atomic mass is 32.1. The standard InChI is InChI=1S/C12H15N3S/c1-7-5-16-6-11(7)12-14-4-10(8(2)13)9(3)15-12/h4-6,8H,13H2,1-3H3/t8-/m1/s1. The van der Waals surface area contributed by atoms with Crippen LogP contribution in [0.15, 0.2) is 17.0 Å². The molecular weight excluding hydrogens is 218 g/mol. The zero-order valence-electron chi connectivity index (χ0n) is 9.69. The molecule has 0 bridgehead atoms. The first-order chi connectivity index (χ1) is 7.59. The summed E-state index contributed by atoms with van der Waals surface area (Å²) < 4.78 is 0. The minimum atomic E-state index is -0.0161. The SMILES string of the molecule is Cc1cscc1-c1ncc([C@@H](C)N)c(C)n1. The summed E-state index contributed by atoms with van der Waals surface area (Å²) >= 11 is 1.67. The third-order valence-electron chi connectivity index (χ3n) is 2.60. The quantitative estimate of drug-likeness (QED) is 0.867. The van der Waals surface area contributed by atoms with Crippen molar-refractivity contribution in [2.45, 2.75) is 26.8 Å². The van der Waals surface area contributed by atoms with Gasteiger partial charge >= 0.3 is 0 Å². The molecule has 16 heavy (non-hydrogen) atoms. The second-order valence-electron chi connectivity index (χ2n) is 3.99. The molecule has 3 nitrogen and oxygen atoms in total. The second kappa shape index (κ2) is 4.31. The largest absolute Gasteiger partial charge is 0.324 e. The van der Waals surface area contributed by atoms with E-state index in [9.17, 15) is 0 Å². The van der Waals surface area contributed by atoms with Gasteiger partial charge in [-0.2, -0.15) is 11.3 Å². The van der Waals surface area contributed by atoms with Crippen molar-refractivity contribution in [1.29, 1.82) is 0 Å². The monoisotopic (exact) mass is 233 g/mol. The number of hydrogen-bond donors (Lipinski definition) is 1. The van der Waals surface area contributed by atoms with E-state index in [1.807, 2.05) is 20.0 Å². The van der Waals surface area contributed by atoms with Crippen LogP contribution in [0.4, 0.5) is 0 Å². The Morgan fingerprint density at radius 1 is 1.31 bits per heavy atom. The summed E-state index contributed by atoms with van der Waals surface area (Å²) in [7, 11) is 0. The van der Waals surface area contributed by atoms with Crippen molar-refractivity contribution in [3.8, 4) is 11.4 Å². The molecule has 2 rings (SSSR count). The Hall–Kier alpha value is -1.26. The Morgan fingerprint density at radius 2 is 2.06 bits per heavy atom. The van der Waals surface area contributed by atoms with E-state index in [0.717, 1.165) is 22.6 Å². The molecule has 0 aliphatic rings. The van der Waals surface area contributed by atoms with Crippen molar-refractivity contribution in [3.05, 3.63) is 33.8 Å². The van der Waals surface area contributed by atoms with Crippen molar-refractivity contribution < 1.29 is 0 Å². The van der Waals surface area contributed by atoms with Crippen LogP contribution < -0.4 is 5.73 Å². The van der Waals surface area contributed by atoms with E-state index in [0.29, 0.717) is 0 Å². The normalized spacial score (nSPS) is 12.8. The van der Waals surface area contributed by atoms with Gasteiger partial charge in [0.1, 0.15) is 0 Å². The molecule has 0 unspecified atom stereocenters. The number of aryl methyl sites for hydroxylation is 2. The summed E-state index contributed by atoms with van der Waals surface area (Å²) in [6.45, 7) is 6.00. The fraction of sp³-hybridized carbons (Fsp3) is 0.333. The number of nitrogens with two attached hydrogens (primary N) is 1. The zero-order chi connectivity index (χ0) is 11.7. The van der Waals surface area contributed by atoms with Crippen LogP contribution in [0.3, 0.4) is 0 Å². The molecule has 0 amide bonds. The lowest BCUT2D eigenvalue weighted by Crippen LogP contribution is -2.09. The highest BCUT2D eigenvalue weighted by Crippen LogP contribution is 2.24. The van der Waals surface area contributed by atoms with E-state index in [2.05, 4.69) is 27.7 Å². The molecule has 0 spiro atoms. The van der Waals surface area contributed by atoms with Crippen molar-refractivity contribution >= 4 is 11.3 Å². The van der Waals surface area contributed by atoms with Gasteiger partial charge in [0.25, 0.3) is 0 Å². The Morgan fingerprint density at radius 3 is 2.56 bits per heavy atom. The maximum atomic E-state index is 5.84. The van der Waals surface area contributed by atoms with Crippen molar-refractivity contribution in [1.82, 2.24) is 9.97 Å². The zero-order valence-corrected chi connectivity index (χ0v) is 10.5. The van der Waals surface area contributed by atoms with Crippen LogP contribution in [0.5, 0.6) is 0 Å². The van der Waals surface area contributed by atoms with Gasteiger partial charge in [0.2, 0.25) is 0 Å². The fourth-order valence-electron chi connectivity index (χ4n) is 1.64. The van der Waals surface area contributed by atoms with Gasteiger partial charge in [-0.05, 0) is 31.7 Å². The van der Waals surface area contributed by atoms with Gasteiger partial charge < -0.3 is 5.73 Å². The average molecular weight is 233 g/mol. The molecule has 0 aliphatic carbocycles. The Balaban J connectivity index is 2.46. The van der Waals surface area contributed by atoms with Crippen LogP contribution in [-0.2, 0) is 0 Å². The second-order valence-corrected chi connectivity index (χ2v) is 4.74. The van der Waals surface area contributed by atoms with Crippen LogP contribution >= 0.6 is 11.3 Å². The first kappa shape index (κ1) is 11.2. The van der Waals surface area contributed by atoms with E-state index in [4.69, 9.17) is 5.73 Å². The maximum Gasteiger partial charge on any atom is 0.160 e. The molecule has 0 saturated heterocycles. The third-order valence-corrected chi connectivity index (χ3v) is 3.47. The van der Waals surface area contributed by atoms with Crippen LogP contribution in [0, 0.1) is 13.8 Å². The topological polar surface area (TPSA) is 51.8 Å². The lowest BCUT2D eigenvalue weighted by Gasteiger charge is -2.09. The molecule has 0 radical (unpaired) electrons. The van der Waals surface area contributed by atoms with Gasteiger partial charge in [0.05, 0.1) is 0 Å². The molecule has 0 fully saturated rings. The summed E-state index contributed by atoms with van der Waals surface area (Å²) in [5.41, 5.74) is 10.1. The van der Waals surface area contributed by atoms with Gasteiger partial charge in [0, 0.05) is 34.4 Å². The molecule has 84 valence electrons. The number of aromatic nitrogens is 2. The Labute approximate surface area is 99.4 Å². The van der Waals surface area contributed by atoms with Crippen molar-refractivity contribution in [2.24, 2.45) is 5.73 Å². The molecule has 0 aliphatic heterocycles. The lowest BCUT2D eigenvalue weighted by atomic mass is 10.1. The molecule has 2 aromatic heterocycles. The lowest BCUT2D eigenvalue weighted by molar-refractivity contribution is 0.790. The van der Waals surface area contributed by atoms with Crippen LogP contribution in [0.2, 0.25) is 0 Å². The molecule has 0 saturated carbocycles. The van der Waals surface area contributed by atoms with Gasteiger partial charge in [-0.3, -0.25) is 0 Å². The van der Waals surface area contributed by atoms with Crippen LogP contribution in [0.1, 0.15) is 29.8 Å².